The Hall–Kier alpha value is -2.60. The number of hydrogen-bond donors (Lipinski definition) is 2. The van der Waals surface area contributed by atoms with E-state index >= 15 is 0 Å². The Morgan fingerprint density at radius 1 is 1.42 bits per heavy atom. The molecule has 1 aromatic carbocycles. The fourth-order valence-electron chi connectivity index (χ4n) is 4.29. The molecular formula is C24H29FN4O2. The van der Waals surface area contributed by atoms with Gasteiger partial charge in [-0.1, -0.05) is 18.9 Å². The molecule has 7 heteroatoms. The van der Waals surface area contributed by atoms with E-state index in [1.54, 1.807) is 31.7 Å². The first-order chi connectivity index (χ1) is 15.0. The van der Waals surface area contributed by atoms with Crippen LogP contribution in [0.3, 0.4) is 0 Å². The Morgan fingerprint density at radius 3 is 3.00 bits per heavy atom. The number of amides is 1. The van der Waals surface area contributed by atoms with E-state index in [9.17, 15) is 9.18 Å². The lowest BCUT2D eigenvalue weighted by Crippen LogP contribution is -2.36. The molecule has 6 nitrogen and oxygen atoms in total. The summed E-state index contributed by atoms with van der Waals surface area (Å²) in [6.45, 7) is 2.62. The van der Waals surface area contributed by atoms with Crippen molar-refractivity contribution < 1.29 is 13.9 Å². The molecule has 3 atom stereocenters. The number of benzene rings is 1. The highest BCUT2D eigenvalue weighted by Crippen LogP contribution is 2.44. The first-order valence-corrected chi connectivity index (χ1v) is 10.9. The molecule has 2 fully saturated rings. The summed E-state index contributed by atoms with van der Waals surface area (Å²) in [4.78, 5) is 21.6. The second-order valence-electron chi connectivity index (χ2n) is 8.60. The maximum atomic E-state index is 14.7. The van der Waals surface area contributed by atoms with Gasteiger partial charge in [-0.15, -0.1) is 0 Å². The Labute approximate surface area is 182 Å². The van der Waals surface area contributed by atoms with Crippen molar-refractivity contribution in [2.75, 3.05) is 19.0 Å². The average molecular weight is 425 g/mol. The normalized spacial score (nSPS) is 29.3. The zero-order chi connectivity index (χ0) is 21.8. The van der Waals surface area contributed by atoms with Crippen LogP contribution in [0.4, 0.5) is 10.1 Å². The molecule has 0 radical (unpaired) electrons. The van der Waals surface area contributed by atoms with Crippen molar-refractivity contribution in [1.29, 1.82) is 0 Å². The highest BCUT2D eigenvalue weighted by molar-refractivity contribution is 5.95. The minimum absolute atomic E-state index is 0.0110. The van der Waals surface area contributed by atoms with Crippen molar-refractivity contribution in [2.45, 2.75) is 56.7 Å². The van der Waals surface area contributed by atoms with E-state index in [1.165, 1.54) is 18.9 Å². The number of carbonyl (C=O) groups is 1. The van der Waals surface area contributed by atoms with E-state index in [0.717, 1.165) is 29.9 Å². The average Bonchev–Trinajstić information content (AvgIpc) is 3.46. The van der Waals surface area contributed by atoms with Gasteiger partial charge in [-0.25, -0.2) is 9.38 Å². The van der Waals surface area contributed by atoms with Gasteiger partial charge in [-0.3, -0.25) is 9.79 Å². The van der Waals surface area contributed by atoms with E-state index in [-0.39, 0.29) is 17.7 Å². The molecule has 1 amide bonds. The predicted molar refractivity (Wildman–Crippen MR) is 120 cm³/mol. The Balaban J connectivity index is 1.63. The minimum atomic E-state index is -0.661. The monoisotopic (exact) mass is 424 g/mol. The number of hydrogen-bond acceptors (Lipinski definition) is 5. The molecule has 1 saturated carbocycles. The molecule has 1 unspecified atom stereocenters. The molecule has 0 aromatic heterocycles. The topological polar surface area (TPSA) is 75.1 Å². The van der Waals surface area contributed by atoms with Gasteiger partial charge in [0, 0.05) is 25.7 Å². The van der Waals surface area contributed by atoms with Crippen LogP contribution in [0.5, 0.6) is 0 Å². The van der Waals surface area contributed by atoms with Gasteiger partial charge in [-0.05, 0) is 61.4 Å². The van der Waals surface area contributed by atoms with Crippen LogP contribution in [0.15, 0.2) is 46.0 Å². The molecule has 2 N–H and O–H groups in total. The van der Waals surface area contributed by atoms with Gasteiger partial charge in [-0.2, -0.15) is 0 Å². The second-order valence-corrected chi connectivity index (χ2v) is 8.60. The third-order valence-corrected chi connectivity index (χ3v) is 6.50. The lowest BCUT2D eigenvalue weighted by atomic mass is 9.79. The van der Waals surface area contributed by atoms with Crippen molar-refractivity contribution in [3.05, 3.63) is 47.4 Å². The molecule has 164 valence electrons. The smallest absolute Gasteiger partial charge is 0.241 e. The molecule has 2 heterocycles. The summed E-state index contributed by atoms with van der Waals surface area (Å²) < 4.78 is 20.0. The van der Waals surface area contributed by atoms with E-state index in [2.05, 4.69) is 21.5 Å². The van der Waals surface area contributed by atoms with Crippen molar-refractivity contribution in [1.82, 2.24) is 5.32 Å². The van der Waals surface area contributed by atoms with Crippen LogP contribution in [-0.2, 0) is 15.1 Å². The number of methoxy groups -OCH3 is 1. The standard InChI is InChI=1S/C24H29FN4O2/c1-16-8-10-26-11-12-28-24(16,9-7-17-3-4-17)18-5-6-20(25)21(13-18)29-23(30)22-14-19(31-2)15-27-22/h5-6,8,10-11,13,17,19,22,27H,3-4,7,9,14-15H2,1-2H3,(H,29,30)/b16-8+,26-10?/t19-,22-,24?/m1/s1. The number of nitrogens with one attached hydrogen (secondary N) is 2. The summed E-state index contributed by atoms with van der Waals surface area (Å²) in [6.07, 6.45) is 10.1. The quantitative estimate of drug-likeness (QED) is 0.700. The second kappa shape index (κ2) is 9.27. The van der Waals surface area contributed by atoms with Crippen molar-refractivity contribution in [2.24, 2.45) is 15.9 Å². The maximum absolute atomic E-state index is 14.7. The van der Waals surface area contributed by atoms with Crippen molar-refractivity contribution >= 4 is 23.7 Å². The summed E-state index contributed by atoms with van der Waals surface area (Å²) in [6, 6.07) is 4.47. The summed E-state index contributed by atoms with van der Waals surface area (Å²) in [5.74, 6) is 2.94. The van der Waals surface area contributed by atoms with Gasteiger partial charge >= 0.3 is 0 Å². The first-order valence-electron chi connectivity index (χ1n) is 10.9. The van der Waals surface area contributed by atoms with Crippen LogP contribution in [0.25, 0.3) is 0 Å². The van der Waals surface area contributed by atoms with Crippen LogP contribution in [0.1, 0.15) is 44.6 Å². The van der Waals surface area contributed by atoms with Crippen LogP contribution in [0.2, 0.25) is 0 Å². The fraction of sp³-hybridized carbons (Fsp3) is 0.500. The third kappa shape index (κ3) is 4.85. The molecular weight excluding hydrogens is 395 g/mol. The summed E-state index contributed by atoms with van der Waals surface area (Å²) in [5, 5.41) is 5.89. The maximum Gasteiger partial charge on any atom is 0.241 e. The van der Waals surface area contributed by atoms with Gasteiger partial charge in [0.15, 0.2) is 0 Å². The molecule has 1 aromatic rings. The molecule has 31 heavy (non-hydrogen) atoms. The number of anilines is 1. The van der Waals surface area contributed by atoms with E-state index < -0.39 is 17.4 Å². The number of carbonyl (C=O) groups excluding carboxylic acids is 1. The van der Waals surface area contributed by atoms with Gasteiger partial charge in [0.25, 0.3) is 0 Å². The Kier molecular flexibility index (Phi) is 6.46. The number of aliphatic imine (C=N–C) groups is 2. The first kappa shape index (κ1) is 21.6. The summed E-state index contributed by atoms with van der Waals surface area (Å²) in [5.41, 5.74) is 1.36. The van der Waals surface area contributed by atoms with Crippen LogP contribution in [0, 0.1) is 11.7 Å². The van der Waals surface area contributed by atoms with E-state index in [1.807, 2.05) is 13.0 Å². The summed E-state index contributed by atoms with van der Waals surface area (Å²) in [7, 11) is 1.63. The Bertz CT molecular complexity index is 962. The predicted octanol–water partition coefficient (Wildman–Crippen LogP) is 3.74. The Morgan fingerprint density at radius 2 is 2.26 bits per heavy atom. The van der Waals surface area contributed by atoms with Crippen LogP contribution >= 0.6 is 0 Å². The fourth-order valence-corrected chi connectivity index (χ4v) is 4.29. The van der Waals surface area contributed by atoms with Crippen LogP contribution in [-0.4, -0.2) is 43.8 Å². The molecule has 1 aliphatic carbocycles. The van der Waals surface area contributed by atoms with Gasteiger partial charge in [0.1, 0.15) is 11.4 Å². The molecule has 1 saturated heterocycles. The lowest BCUT2D eigenvalue weighted by Gasteiger charge is -2.31. The van der Waals surface area contributed by atoms with Crippen molar-refractivity contribution in [3.8, 4) is 0 Å². The highest BCUT2D eigenvalue weighted by atomic mass is 19.1. The van der Waals surface area contributed by atoms with Gasteiger partial charge in [0.05, 0.1) is 24.0 Å². The number of halogens is 1. The largest absolute Gasteiger partial charge is 0.380 e. The number of rotatable bonds is 7. The molecule has 3 aliphatic rings. The molecule has 0 bridgehead atoms. The summed E-state index contributed by atoms with van der Waals surface area (Å²) >= 11 is 0. The van der Waals surface area contributed by atoms with Gasteiger partial charge in [0.2, 0.25) is 5.91 Å². The molecule has 0 spiro atoms. The molecule has 4 rings (SSSR count). The SMILES string of the molecule is CO[C@H]1CN[C@@H](C(=O)Nc2cc(C3(CCC4CC4)N=C=CN=C/C=C/3C)ccc2F)C1. The third-order valence-electron chi connectivity index (χ3n) is 6.50. The number of nitrogens with zero attached hydrogens (tertiary/aromatic N) is 2. The minimum Gasteiger partial charge on any atom is -0.380 e. The van der Waals surface area contributed by atoms with Crippen molar-refractivity contribution in [3.63, 3.8) is 0 Å². The van der Waals surface area contributed by atoms with Gasteiger partial charge < -0.3 is 15.4 Å². The highest BCUT2D eigenvalue weighted by Gasteiger charge is 2.37. The van der Waals surface area contributed by atoms with E-state index in [4.69, 9.17) is 9.73 Å². The van der Waals surface area contributed by atoms with Crippen LogP contribution < -0.4 is 10.6 Å². The molecule has 2 aliphatic heterocycles. The lowest BCUT2D eigenvalue weighted by molar-refractivity contribution is -0.118. The number of allylic oxidation sites excluding steroid dienone is 1. The number of ether oxygens (including phenoxy) is 1. The zero-order valence-electron chi connectivity index (χ0n) is 18.0. The zero-order valence-corrected chi connectivity index (χ0v) is 18.0. The van der Waals surface area contributed by atoms with E-state index in [0.29, 0.717) is 13.0 Å².